The van der Waals surface area contributed by atoms with Gasteiger partial charge in [0.25, 0.3) is 5.91 Å². The molecule has 1 amide bonds. The van der Waals surface area contributed by atoms with Gasteiger partial charge < -0.3 is 24.3 Å². The summed E-state index contributed by atoms with van der Waals surface area (Å²) in [4.78, 5) is 19.5. The van der Waals surface area contributed by atoms with E-state index >= 15 is 4.39 Å². The second-order valence-corrected chi connectivity index (χ2v) is 7.66. The average Bonchev–Trinajstić information content (AvgIpc) is 3.28. The van der Waals surface area contributed by atoms with E-state index in [1.54, 1.807) is 24.5 Å². The smallest absolute Gasteiger partial charge is 0.260 e. The predicted molar refractivity (Wildman–Crippen MR) is 115 cm³/mol. The number of aromatic nitrogens is 4. The van der Waals surface area contributed by atoms with Crippen LogP contribution in [-0.2, 0) is 11.3 Å². The van der Waals surface area contributed by atoms with Crippen LogP contribution in [0.15, 0.2) is 36.7 Å². The Balaban J connectivity index is 1.51. The molecular formula is C22H23FN6O3. The van der Waals surface area contributed by atoms with Crippen molar-refractivity contribution in [2.45, 2.75) is 19.4 Å². The minimum absolute atomic E-state index is 0.131. The maximum atomic E-state index is 15.0. The number of halogens is 1. The molecule has 166 valence electrons. The fourth-order valence-electron chi connectivity index (χ4n) is 3.88. The van der Waals surface area contributed by atoms with Crippen LogP contribution in [0.3, 0.4) is 0 Å². The van der Waals surface area contributed by atoms with Crippen LogP contribution >= 0.6 is 0 Å². The summed E-state index contributed by atoms with van der Waals surface area (Å²) in [6.07, 6.45) is 3.24. The fraction of sp³-hybridized carbons (Fsp3) is 0.364. The Kier molecular flexibility index (Phi) is 5.68. The number of carbonyl (C=O) groups excluding carboxylic acids is 1. The number of benzene rings is 1. The van der Waals surface area contributed by atoms with E-state index in [1.165, 1.54) is 6.07 Å². The molecule has 9 nitrogen and oxygen atoms in total. The number of aryl methyl sites for hydroxylation is 1. The van der Waals surface area contributed by atoms with Gasteiger partial charge in [-0.15, -0.1) is 10.2 Å². The van der Waals surface area contributed by atoms with Crippen molar-refractivity contribution in [3.63, 3.8) is 0 Å². The Morgan fingerprint density at radius 3 is 2.81 bits per heavy atom. The largest absolute Gasteiger partial charge is 0.493 e. The summed E-state index contributed by atoms with van der Waals surface area (Å²) in [6.45, 7) is 3.34. The average molecular weight is 438 g/mol. The molecule has 10 heteroatoms. The van der Waals surface area contributed by atoms with Gasteiger partial charge in [0, 0.05) is 25.7 Å². The lowest BCUT2D eigenvalue weighted by Gasteiger charge is -2.29. The molecule has 0 aliphatic carbocycles. The van der Waals surface area contributed by atoms with Crippen molar-refractivity contribution in [3.05, 3.63) is 48.0 Å². The molecule has 2 bridgehead atoms. The Morgan fingerprint density at radius 1 is 1.06 bits per heavy atom. The summed E-state index contributed by atoms with van der Waals surface area (Å²) in [7, 11) is 0. The molecule has 0 spiro atoms. The van der Waals surface area contributed by atoms with Gasteiger partial charge in [0.1, 0.15) is 29.4 Å². The summed E-state index contributed by atoms with van der Waals surface area (Å²) in [5.74, 6) is 0.350. The van der Waals surface area contributed by atoms with Gasteiger partial charge >= 0.3 is 0 Å². The molecule has 0 saturated carbocycles. The van der Waals surface area contributed by atoms with Crippen molar-refractivity contribution in [2.24, 2.45) is 0 Å². The Hall–Kier alpha value is -3.53. The molecule has 32 heavy (non-hydrogen) atoms. The third kappa shape index (κ3) is 4.13. The lowest BCUT2D eigenvalue weighted by Crippen LogP contribution is -2.36. The Labute approximate surface area is 184 Å². The summed E-state index contributed by atoms with van der Waals surface area (Å²) >= 11 is 0. The Morgan fingerprint density at radius 2 is 1.94 bits per heavy atom. The lowest BCUT2D eigenvalue weighted by molar-refractivity contribution is 0.102. The van der Waals surface area contributed by atoms with Crippen LogP contribution in [0.4, 0.5) is 15.9 Å². The van der Waals surface area contributed by atoms with E-state index in [4.69, 9.17) is 9.47 Å². The number of carbonyl (C=O) groups is 1. The van der Waals surface area contributed by atoms with Crippen LogP contribution in [0.25, 0.3) is 11.5 Å². The van der Waals surface area contributed by atoms with Crippen molar-refractivity contribution < 1.29 is 18.7 Å². The van der Waals surface area contributed by atoms with Crippen LogP contribution in [0.1, 0.15) is 23.2 Å². The Bertz CT molecular complexity index is 1130. The van der Waals surface area contributed by atoms with Gasteiger partial charge in [-0.2, -0.15) is 0 Å². The van der Waals surface area contributed by atoms with Crippen molar-refractivity contribution >= 4 is 17.4 Å². The number of anilines is 2. The molecule has 5 rings (SSSR count). The minimum atomic E-state index is -0.490. The van der Waals surface area contributed by atoms with Crippen LogP contribution in [0.5, 0.6) is 5.75 Å². The molecule has 1 N–H and O–H groups in total. The molecule has 3 aromatic rings. The first-order valence-corrected chi connectivity index (χ1v) is 10.6. The third-order valence-corrected chi connectivity index (χ3v) is 5.53. The molecule has 4 heterocycles. The zero-order valence-corrected chi connectivity index (χ0v) is 17.5. The first-order valence-electron chi connectivity index (χ1n) is 10.6. The number of hydrogen-bond donors (Lipinski definition) is 1. The topological polar surface area (TPSA) is 94.4 Å². The number of fused-ring (bicyclic) bond motifs is 5. The van der Waals surface area contributed by atoms with Gasteiger partial charge in [-0.3, -0.25) is 4.79 Å². The van der Waals surface area contributed by atoms with Gasteiger partial charge in [-0.25, -0.2) is 9.37 Å². The fourth-order valence-corrected chi connectivity index (χ4v) is 3.88. The van der Waals surface area contributed by atoms with E-state index in [1.807, 2.05) is 15.5 Å². The molecular weight excluding hydrogens is 415 g/mol. The normalized spacial score (nSPS) is 16.9. The zero-order chi connectivity index (χ0) is 21.9. The first kappa shape index (κ1) is 20.4. The van der Waals surface area contributed by atoms with Crippen LogP contribution < -0.4 is 15.0 Å². The molecule has 0 unspecified atom stereocenters. The summed E-state index contributed by atoms with van der Waals surface area (Å²) in [6, 6.07) is 8.12. The maximum absolute atomic E-state index is 15.0. The molecule has 1 aromatic carbocycles. The summed E-state index contributed by atoms with van der Waals surface area (Å²) in [5.41, 5.74) is 1.14. The second-order valence-electron chi connectivity index (χ2n) is 7.66. The van der Waals surface area contributed by atoms with Crippen LogP contribution in [0, 0.1) is 5.82 Å². The number of hydrogen-bond acceptors (Lipinski definition) is 7. The number of rotatable bonds is 1. The highest BCUT2D eigenvalue weighted by Crippen LogP contribution is 2.31. The van der Waals surface area contributed by atoms with E-state index in [2.05, 4.69) is 20.5 Å². The maximum Gasteiger partial charge on any atom is 0.260 e. The number of nitrogens with zero attached hydrogens (tertiary/aromatic N) is 5. The van der Waals surface area contributed by atoms with Crippen LogP contribution in [0.2, 0.25) is 0 Å². The van der Waals surface area contributed by atoms with E-state index in [-0.39, 0.29) is 5.56 Å². The number of nitrogens with one attached hydrogen (secondary N) is 1. The predicted octanol–water partition coefficient (Wildman–Crippen LogP) is 2.74. The molecule has 2 aliphatic heterocycles. The highest BCUT2D eigenvalue weighted by atomic mass is 19.1. The summed E-state index contributed by atoms with van der Waals surface area (Å²) < 4.78 is 28.3. The van der Waals surface area contributed by atoms with E-state index in [0.29, 0.717) is 68.2 Å². The highest BCUT2D eigenvalue weighted by molar-refractivity contribution is 6.06. The molecule has 2 aromatic heterocycles. The van der Waals surface area contributed by atoms with Gasteiger partial charge in [-0.1, -0.05) is 6.07 Å². The van der Waals surface area contributed by atoms with Gasteiger partial charge in [0.2, 0.25) is 0 Å². The second kappa shape index (κ2) is 8.91. The molecule has 1 saturated heterocycles. The van der Waals surface area contributed by atoms with Crippen molar-refractivity contribution in [2.75, 3.05) is 43.1 Å². The molecule has 0 atom stereocenters. The zero-order valence-electron chi connectivity index (χ0n) is 17.5. The standard InChI is InChI=1S/C22H23FN6O3/c23-16-12-15-19(13-18(16)28-7-10-31-11-8-28)32-9-2-1-6-29-14-24-27-21(29)17-4-3-5-20(25-17)26-22(15)30/h3-5,12-14H,1-2,6-11H2,(H,25,26,30). The highest BCUT2D eigenvalue weighted by Gasteiger charge is 2.22. The van der Waals surface area contributed by atoms with E-state index in [0.717, 1.165) is 12.8 Å². The van der Waals surface area contributed by atoms with Crippen molar-refractivity contribution in [1.29, 1.82) is 0 Å². The van der Waals surface area contributed by atoms with E-state index < -0.39 is 11.7 Å². The summed E-state index contributed by atoms with van der Waals surface area (Å²) in [5, 5.41) is 10.9. The number of ether oxygens (including phenoxy) is 2. The van der Waals surface area contributed by atoms with Gasteiger partial charge in [0.05, 0.1) is 31.1 Å². The quantitative estimate of drug-likeness (QED) is 0.624. The van der Waals surface area contributed by atoms with Gasteiger partial charge in [0.15, 0.2) is 5.82 Å². The third-order valence-electron chi connectivity index (χ3n) is 5.53. The first-order chi connectivity index (χ1) is 15.7. The molecule has 2 aliphatic rings. The number of morpholine rings is 1. The van der Waals surface area contributed by atoms with Gasteiger partial charge in [-0.05, 0) is 31.0 Å². The molecule has 1 fully saturated rings. The van der Waals surface area contributed by atoms with Crippen molar-refractivity contribution in [3.8, 4) is 17.3 Å². The monoisotopic (exact) mass is 438 g/mol. The van der Waals surface area contributed by atoms with Crippen molar-refractivity contribution in [1.82, 2.24) is 19.7 Å². The lowest BCUT2D eigenvalue weighted by atomic mass is 10.1. The number of amides is 1. The minimum Gasteiger partial charge on any atom is -0.493 e. The SMILES string of the molecule is O=C1Nc2cccc(n2)-c2nncn2CCCCOc2cc(N3CCOCC3)c(F)cc21. The molecule has 0 radical (unpaired) electrons. The number of pyridine rings is 1. The van der Waals surface area contributed by atoms with Crippen LogP contribution in [-0.4, -0.2) is 58.6 Å². The van der Waals surface area contributed by atoms with E-state index in [9.17, 15) is 4.79 Å².